The molecule has 1 aromatic heterocycles. The molecule has 5 nitrogen and oxygen atoms in total. The zero-order valence-electron chi connectivity index (χ0n) is 18.8. The van der Waals surface area contributed by atoms with E-state index in [2.05, 4.69) is 65.1 Å². The summed E-state index contributed by atoms with van der Waals surface area (Å²) in [6.07, 6.45) is 5.99. The summed E-state index contributed by atoms with van der Waals surface area (Å²) < 4.78 is 0. The Kier molecular flexibility index (Phi) is 6.40. The molecular formula is C27H29N5. The Morgan fingerprint density at radius 3 is 2.62 bits per heavy atom. The number of nitriles is 2. The van der Waals surface area contributed by atoms with Crippen molar-refractivity contribution >= 4 is 0 Å². The Bertz CT molecular complexity index is 1120. The molecule has 32 heavy (non-hydrogen) atoms. The number of aromatic nitrogens is 2. The van der Waals surface area contributed by atoms with Crippen LogP contribution in [0.1, 0.15) is 41.3 Å². The highest BCUT2D eigenvalue weighted by molar-refractivity contribution is 5.33. The molecule has 2 aromatic carbocycles. The molecule has 1 aliphatic heterocycles. The SMILES string of the molecule is Cc1cccc(CC2(C#N)CCN(Cc3cnc[nH]3)C(C)C2Cc2ccc(C#N)cc2)c1. The van der Waals surface area contributed by atoms with Crippen LogP contribution in [0.3, 0.4) is 0 Å². The molecular weight excluding hydrogens is 394 g/mol. The van der Waals surface area contributed by atoms with Crippen molar-refractivity contribution in [2.24, 2.45) is 11.3 Å². The number of nitrogens with zero attached hydrogens (tertiary/aromatic N) is 4. The van der Waals surface area contributed by atoms with E-state index in [-0.39, 0.29) is 12.0 Å². The molecule has 1 fully saturated rings. The Labute approximate surface area is 190 Å². The van der Waals surface area contributed by atoms with Crippen LogP contribution in [0.4, 0.5) is 0 Å². The van der Waals surface area contributed by atoms with Gasteiger partial charge in [-0.2, -0.15) is 10.5 Å². The van der Waals surface area contributed by atoms with Crippen LogP contribution in [0.15, 0.2) is 61.1 Å². The van der Waals surface area contributed by atoms with Crippen LogP contribution in [0, 0.1) is 40.9 Å². The van der Waals surface area contributed by atoms with Crippen LogP contribution in [-0.2, 0) is 19.4 Å². The maximum atomic E-state index is 10.5. The Morgan fingerprint density at radius 1 is 1.16 bits per heavy atom. The predicted octanol–water partition coefficient (Wildman–Crippen LogP) is 4.80. The van der Waals surface area contributed by atoms with Gasteiger partial charge in [-0.3, -0.25) is 4.90 Å². The second kappa shape index (κ2) is 9.39. The lowest BCUT2D eigenvalue weighted by Crippen LogP contribution is -2.53. The topological polar surface area (TPSA) is 79.5 Å². The van der Waals surface area contributed by atoms with Gasteiger partial charge in [0.15, 0.2) is 0 Å². The molecule has 1 saturated heterocycles. The molecule has 0 spiro atoms. The first kappa shape index (κ1) is 21.8. The molecule has 5 heteroatoms. The van der Waals surface area contributed by atoms with Gasteiger partial charge in [0.05, 0.1) is 29.4 Å². The van der Waals surface area contributed by atoms with Gasteiger partial charge in [-0.15, -0.1) is 0 Å². The number of piperidine rings is 1. The van der Waals surface area contributed by atoms with Gasteiger partial charge in [0, 0.05) is 31.0 Å². The van der Waals surface area contributed by atoms with Crippen molar-refractivity contribution in [1.29, 1.82) is 10.5 Å². The van der Waals surface area contributed by atoms with E-state index in [1.54, 1.807) is 6.33 Å². The molecule has 162 valence electrons. The van der Waals surface area contributed by atoms with E-state index < -0.39 is 5.41 Å². The van der Waals surface area contributed by atoms with Crippen molar-refractivity contribution in [3.8, 4) is 12.1 Å². The summed E-state index contributed by atoms with van der Waals surface area (Å²) in [6.45, 7) is 6.04. The van der Waals surface area contributed by atoms with Crippen molar-refractivity contribution in [2.45, 2.75) is 45.7 Å². The van der Waals surface area contributed by atoms with E-state index in [1.165, 1.54) is 16.7 Å². The number of imidazole rings is 1. The van der Waals surface area contributed by atoms with E-state index in [1.807, 2.05) is 30.5 Å². The first-order chi connectivity index (χ1) is 15.5. The van der Waals surface area contributed by atoms with Crippen molar-refractivity contribution in [3.63, 3.8) is 0 Å². The minimum absolute atomic E-state index is 0.164. The second-order valence-electron chi connectivity index (χ2n) is 9.09. The Morgan fingerprint density at radius 2 is 1.97 bits per heavy atom. The summed E-state index contributed by atoms with van der Waals surface area (Å²) in [7, 11) is 0. The quantitative estimate of drug-likeness (QED) is 0.618. The standard InChI is InChI=1S/C27H29N5/c1-20-4-3-5-24(12-20)14-27(18-29)10-11-32(17-25-16-30-19-31-25)21(2)26(27)13-22-6-8-23(15-28)9-7-22/h3-9,12,16,19,21,26H,10-11,13-14,17H2,1-2H3,(H,30,31). The van der Waals surface area contributed by atoms with Crippen molar-refractivity contribution in [2.75, 3.05) is 6.54 Å². The van der Waals surface area contributed by atoms with E-state index in [9.17, 15) is 5.26 Å². The van der Waals surface area contributed by atoms with Crippen LogP contribution < -0.4 is 0 Å². The Balaban J connectivity index is 1.66. The number of benzene rings is 2. The summed E-state index contributed by atoms with van der Waals surface area (Å²) in [5.74, 6) is 0.164. The maximum absolute atomic E-state index is 10.5. The summed E-state index contributed by atoms with van der Waals surface area (Å²) in [6, 6.07) is 21.6. The van der Waals surface area contributed by atoms with E-state index in [4.69, 9.17) is 5.26 Å². The highest BCUT2D eigenvalue weighted by Crippen LogP contribution is 2.44. The van der Waals surface area contributed by atoms with Gasteiger partial charge < -0.3 is 4.98 Å². The molecule has 0 radical (unpaired) electrons. The van der Waals surface area contributed by atoms with Crippen molar-refractivity contribution in [1.82, 2.24) is 14.9 Å². The van der Waals surface area contributed by atoms with Crippen LogP contribution in [0.5, 0.6) is 0 Å². The maximum Gasteiger partial charge on any atom is 0.0991 e. The fraction of sp³-hybridized carbons (Fsp3) is 0.370. The van der Waals surface area contributed by atoms with Crippen molar-refractivity contribution in [3.05, 3.63) is 89.0 Å². The zero-order valence-corrected chi connectivity index (χ0v) is 18.8. The third-order valence-electron chi connectivity index (χ3n) is 7.00. The van der Waals surface area contributed by atoms with Crippen molar-refractivity contribution < 1.29 is 0 Å². The predicted molar refractivity (Wildman–Crippen MR) is 124 cm³/mol. The molecule has 0 saturated carbocycles. The number of hydrogen-bond donors (Lipinski definition) is 1. The number of H-pyrrole nitrogens is 1. The van der Waals surface area contributed by atoms with Gasteiger partial charge in [-0.1, -0.05) is 42.0 Å². The van der Waals surface area contributed by atoms with Gasteiger partial charge in [0.1, 0.15) is 0 Å². The summed E-state index contributed by atoms with van der Waals surface area (Å²) in [5.41, 5.74) is 4.95. The molecule has 0 amide bonds. The lowest BCUT2D eigenvalue weighted by Gasteiger charge is -2.49. The number of aryl methyl sites for hydroxylation is 1. The lowest BCUT2D eigenvalue weighted by atomic mass is 9.63. The normalized spacial score (nSPS) is 23.4. The number of nitrogens with one attached hydrogen (secondary N) is 1. The van der Waals surface area contributed by atoms with Gasteiger partial charge in [0.25, 0.3) is 0 Å². The van der Waals surface area contributed by atoms with E-state index in [0.717, 1.165) is 38.0 Å². The zero-order chi connectivity index (χ0) is 22.6. The number of rotatable bonds is 6. The summed E-state index contributed by atoms with van der Waals surface area (Å²) in [5, 5.41) is 19.7. The largest absolute Gasteiger partial charge is 0.347 e. The highest BCUT2D eigenvalue weighted by atomic mass is 15.2. The average molecular weight is 424 g/mol. The highest BCUT2D eigenvalue weighted by Gasteiger charge is 2.47. The first-order valence-electron chi connectivity index (χ1n) is 11.2. The molecule has 0 bridgehead atoms. The molecule has 3 unspecified atom stereocenters. The number of hydrogen-bond acceptors (Lipinski definition) is 4. The molecule has 3 aromatic rings. The third-order valence-corrected chi connectivity index (χ3v) is 7.00. The average Bonchev–Trinajstić information content (AvgIpc) is 3.32. The van der Waals surface area contributed by atoms with Crippen LogP contribution in [-0.4, -0.2) is 27.5 Å². The second-order valence-corrected chi connectivity index (χ2v) is 9.09. The number of likely N-dealkylation sites (tertiary alicyclic amines) is 1. The monoisotopic (exact) mass is 423 g/mol. The lowest BCUT2D eigenvalue weighted by molar-refractivity contribution is 0.0152. The minimum Gasteiger partial charge on any atom is -0.347 e. The number of aromatic amines is 1. The van der Waals surface area contributed by atoms with Crippen LogP contribution in [0.25, 0.3) is 0 Å². The molecule has 0 aliphatic carbocycles. The Hall–Kier alpha value is -3.41. The molecule has 1 N–H and O–H groups in total. The van der Waals surface area contributed by atoms with Crippen LogP contribution >= 0.6 is 0 Å². The van der Waals surface area contributed by atoms with Gasteiger partial charge >= 0.3 is 0 Å². The molecule has 1 aliphatic rings. The van der Waals surface area contributed by atoms with Gasteiger partial charge in [0.2, 0.25) is 0 Å². The summed E-state index contributed by atoms with van der Waals surface area (Å²) >= 11 is 0. The third kappa shape index (κ3) is 4.59. The molecule has 4 rings (SSSR count). The van der Waals surface area contributed by atoms with E-state index >= 15 is 0 Å². The summed E-state index contributed by atoms with van der Waals surface area (Å²) in [4.78, 5) is 9.84. The van der Waals surface area contributed by atoms with Gasteiger partial charge in [-0.25, -0.2) is 4.98 Å². The van der Waals surface area contributed by atoms with E-state index in [0.29, 0.717) is 5.56 Å². The smallest absolute Gasteiger partial charge is 0.0991 e. The fourth-order valence-electron chi connectivity index (χ4n) is 5.18. The van der Waals surface area contributed by atoms with Gasteiger partial charge in [-0.05, 0) is 62.3 Å². The first-order valence-corrected chi connectivity index (χ1v) is 11.2. The fourth-order valence-corrected chi connectivity index (χ4v) is 5.18. The molecule has 3 atom stereocenters. The molecule has 2 heterocycles. The van der Waals surface area contributed by atoms with Crippen LogP contribution in [0.2, 0.25) is 0 Å². The minimum atomic E-state index is -0.439.